The number of hydrogen-bond donors (Lipinski definition) is 1. The minimum atomic E-state index is -1.05. The van der Waals surface area contributed by atoms with Crippen molar-refractivity contribution in [1.29, 1.82) is 0 Å². The van der Waals surface area contributed by atoms with E-state index in [1.165, 1.54) is 18.6 Å². The van der Waals surface area contributed by atoms with Crippen LogP contribution in [0.15, 0.2) is 24.8 Å². The van der Waals surface area contributed by atoms with Crippen LogP contribution in [0.25, 0.3) is 0 Å². The highest BCUT2D eigenvalue weighted by atomic mass is 28.3. The average Bonchev–Trinajstić information content (AvgIpc) is 3.31. The van der Waals surface area contributed by atoms with Crippen LogP contribution in [0.2, 0.25) is 25.7 Å². The molecule has 0 amide bonds. The van der Waals surface area contributed by atoms with E-state index in [0.29, 0.717) is 31.1 Å². The number of aromatic amines is 1. The highest BCUT2D eigenvalue weighted by Crippen LogP contribution is 2.08. The van der Waals surface area contributed by atoms with Crippen molar-refractivity contribution in [1.82, 2.24) is 20.0 Å². The van der Waals surface area contributed by atoms with Gasteiger partial charge in [-0.1, -0.05) is 19.6 Å². The van der Waals surface area contributed by atoms with Gasteiger partial charge in [0.15, 0.2) is 0 Å². The fourth-order valence-corrected chi connectivity index (χ4v) is 2.62. The molecule has 0 saturated carbocycles. The Morgan fingerprint density at radius 2 is 1.71 bits per heavy atom. The summed E-state index contributed by atoms with van der Waals surface area (Å²) >= 11 is 0. The van der Waals surface area contributed by atoms with Crippen LogP contribution in [-0.4, -0.2) is 59.8 Å². The first-order valence-electron chi connectivity index (χ1n) is 9.20. The second kappa shape index (κ2) is 12.1. The largest absolute Gasteiger partial charge is 0.462 e. The molecule has 0 unspecified atom stereocenters. The van der Waals surface area contributed by atoms with Crippen LogP contribution in [0.1, 0.15) is 34.6 Å². The summed E-state index contributed by atoms with van der Waals surface area (Å²) in [6.07, 6.45) is 6.07. The minimum absolute atomic E-state index is 0.337. The molecule has 0 spiro atoms. The van der Waals surface area contributed by atoms with Crippen molar-refractivity contribution in [3.05, 3.63) is 35.9 Å². The predicted octanol–water partition coefficient (Wildman–Crippen LogP) is 2.96. The number of aromatic nitrogens is 4. The second-order valence-electron chi connectivity index (χ2n) is 7.04. The number of carbonyl (C=O) groups excluding carboxylic acids is 2. The predicted molar refractivity (Wildman–Crippen MR) is 107 cm³/mol. The van der Waals surface area contributed by atoms with Crippen LogP contribution in [0.5, 0.6) is 0 Å². The smallest absolute Gasteiger partial charge is 0.341 e. The van der Waals surface area contributed by atoms with E-state index >= 15 is 0 Å². The number of rotatable bonds is 9. The normalized spacial score (nSPS) is 10.8. The first kappa shape index (κ1) is 23.6. The first-order chi connectivity index (χ1) is 13.3. The Morgan fingerprint density at radius 1 is 1.07 bits per heavy atom. The quantitative estimate of drug-likeness (QED) is 0.384. The molecule has 0 aromatic carbocycles. The monoisotopic (exact) mass is 410 g/mol. The van der Waals surface area contributed by atoms with E-state index in [9.17, 15) is 9.59 Å². The van der Waals surface area contributed by atoms with Crippen LogP contribution in [0, 0.1) is 0 Å². The maximum atomic E-state index is 11.4. The first-order valence-corrected chi connectivity index (χ1v) is 12.9. The standard InChI is InChI=1S/C12H22N2O3Si.C6H8N2O2/c1-5-17-12(15)11-8-13-14(9-11)10-16-6-7-18(2,3)4;1-2-10-6(9)5-3-7-8-4-5/h8-9H,5-7,10H2,1-4H3;3-4H,2H2,1H3,(H,7,8). The lowest BCUT2D eigenvalue weighted by Crippen LogP contribution is -2.22. The molecular formula is C18H30N4O5Si. The van der Waals surface area contributed by atoms with Crippen LogP contribution in [0.4, 0.5) is 0 Å². The Labute approximate surface area is 166 Å². The summed E-state index contributed by atoms with van der Waals surface area (Å²) in [6.45, 7) is 12.4. The van der Waals surface area contributed by atoms with Crippen molar-refractivity contribution < 1.29 is 23.8 Å². The van der Waals surface area contributed by atoms with Crippen LogP contribution in [0.3, 0.4) is 0 Å². The number of esters is 2. The zero-order chi connectivity index (χ0) is 21.0. The van der Waals surface area contributed by atoms with E-state index in [-0.39, 0.29) is 11.9 Å². The number of nitrogens with zero attached hydrogens (tertiary/aromatic N) is 3. The third-order valence-corrected chi connectivity index (χ3v) is 5.08. The second-order valence-corrected chi connectivity index (χ2v) is 12.7. The number of nitrogens with one attached hydrogen (secondary N) is 1. The van der Waals surface area contributed by atoms with Crippen LogP contribution >= 0.6 is 0 Å². The molecule has 28 heavy (non-hydrogen) atoms. The summed E-state index contributed by atoms with van der Waals surface area (Å²) in [4.78, 5) is 22.2. The molecule has 2 rings (SSSR count). The number of H-pyrrole nitrogens is 1. The molecule has 0 atom stereocenters. The molecule has 0 aliphatic carbocycles. The average molecular weight is 411 g/mol. The molecule has 10 heteroatoms. The van der Waals surface area contributed by atoms with E-state index in [4.69, 9.17) is 9.47 Å². The molecule has 0 aliphatic rings. The van der Waals surface area contributed by atoms with Gasteiger partial charge in [0, 0.05) is 27.1 Å². The van der Waals surface area contributed by atoms with Crippen molar-refractivity contribution in [3.8, 4) is 0 Å². The summed E-state index contributed by atoms with van der Waals surface area (Å²) < 4.78 is 16.7. The molecular weight excluding hydrogens is 380 g/mol. The molecule has 2 heterocycles. The third-order valence-electron chi connectivity index (χ3n) is 3.37. The van der Waals surface area contributed by atoms with Gasteiger partial charge >= 0.3 is 11.9 Å². The lowest BCUT2D eigenvalue weighted by molar-refractivity contribution is 0.0516. The zero-order valence-corrected chi connectivity index (χ0v) is 18.2. The molecule has 2 aromatic rings. The van der Waals surface area contributed by atoms with Crippen LogP contribution in [-0.2, 0) is 20.9 Å². The van der Waals surface area contributed by atoms with Crippen LogP contribution < -0.4 is 0 Å². The number of ether oxygens (including phenoxy) is 3. The summed E-state index contributed by atoms with van der Waals surface area (Å²) in [5.74, 6) is -0.679. The maximum Gasteiger partial charge on any atom is 0.341 e. The summed E-state index contributed by atoms with van der Waals surface area (Å²) in [5.41, 5.74) is 0.924. The Kier molecular flexibility index (Phi) is 10.2. The lowest BCUT2D eigenvalue weighted by Gasteiger charge is -2.15. The molecule has 0 aliphatic heterocycles. The van der Waals surface area contributed by atoms with Gasteiger partial charge in [0.2, 0.25) is 0 Å². The number of hydrogen-bond acceptors (Lipinski definition) is 7. The minimum Gasteiger partial charge on any atom is -0.462 e. The SMILES string of the molecule is CCOC(=O)c1cn[nH]c1.CCOC(=O)c1cnn(COCC[Si](C)(C)C)c1. The highest BCUT2D eigenvalue weighted by molar-refractivity contribution is 6.76. The fraction of sp³-hybridized carbons (Fsp3) is 0.556. The molecule has 0 fully saturated rings. The van der Waals surface area contributed by atoms with E-state index in [1.54, 1.807) is 24.7 Å². The van der Waals surface area contributed by atoms with Crippen molar-refractivity contribution in [2.24, 2.45) is 0 Å². The fourth-order valence-electron chi connectivity index (χ4n) is 1.87. The molecule has 0 saturated heterocycles. The van der Waals surface area contributed by atoms with Crippen molar-refractivity contribution >= 4 is 20.0 Å². The molecule has 156 valence electrons. The van der Waals surface area contributed by atoms with E-state index in [1.807, 2.05) is 0 Å². The molecule has 9 nitrogen and oxygen atoms in total. The third kappa shape index (κ3) is 9.47. The zero-order valence-electron chi connectivity index (χ0n) is 17.2. The summed E-state index contributed by atoms with van der Waals surface area (Å²) in [7, 11) is -1.05. The van der Waals surface area contributed by atoms with Crippen molar-refractivity contribution in [3.63, 3.8) is 0 Å². The van der Waals surface area contributed by atoms with Gasteiger partial charge in [0.05, 0.1) is 36.7 Å². The van der Waals surface area contributed by atoms with Gasteiger partial charge in [-0.3, -0.25) is 5.10 Å². The van der Waals surface area contributed by atoms with E-state index in [0.717, 1.165) is 12.7 Å². The molecule has 2 aromatic heterocycles. The Balaban J connectivity index is 0.000000330. The van der Waals surface area contributed by atoms with Gasteiger partial charge in [-0.2, -0.15) is 10.2 Å². The topological polar surface area (TPSA) is 108 Å². The van der Waals surface area contributed by atoms with Crippen molar-refractivity contribution in [2.75, 3.05) is 19.8 Å². The maximum absolute atomic E-state index is 11.4. The van der Waals surface area contributed by atoms with Gasteiger partial charge in [-0.25, -0.2) is 14.3 Å². The summed E-state index contributed by atoms with van der Waals surface area (Å²) in [6, 6.07) is 1.12. The molecule has 0 radical (unpaired) electrons. The van der Waals surface area contributed by atoms with Gasteiger partial charge in [-0.05, 0) is 19.9 Å². The van der Waals surface area contributed by atoms with Crippen molar-refractivity contribution in [2.45, 2.75) is 46.3 Å². The Hall–Kier alpha value is -2.46. The lowest BCUT2D eigenvalue weighted by atomic mass is 10.4. The molecule has 1 N–H and O–H groups in total. The summed E-state index contributed by atoms with van der Waals surface area (Å²) in [5, 5.41) is 10.2. The Morgan fingerprint density at radius 3 is 2.25 bits per heavy atom. The van der Waals surface area contributed by atoms with Gasteiger partial charge in [0.1, 0.15) is 6.73 Å². The van der Waals surface area contributed by atoms with Gasteiger partial charge in [0.25, 0.3) is 0 Å². The Bertz CT molecular complexity index is 710. The van der Waals surface area contributed by atoms with Gasteiger partial charge in [-0.15, -0.1) is 0 Å². The van der Waals surface area contributed by atoms with E-state index in [2.05, 4.69) is 39.7 Å². The van der Waals surface area contributed by atoms with Gasteiger partial charge < -0.3 is 14.2 Å². The van der Waals surface area contributed by atoms with E-state index < -0.39 is 8.07 Å². The number of carbonyl (C=O) groups is 2. The molecule has 0 bridgehead atoms. The highest BCUT2D eigenvalue weighted by Gasteiger charge is 2.12.